The average Bonchev–Trinajstić information content (AvgIpc) is 3.25. The van der Waals surface area contributed by atoms with Crippen LogP contribution >= 0.6 is 34.4 Å². The van der Waals surface area contributed by atoms with Crippen LogP contribution < -0.4 is 5.32 Å². The van der Waals surface area contributed by atoms with Crippen LogP contribution in [0.2, 0.25) is 0 Å². The number of ether oxygens (including phenoxy) is 1. The molecule has 0 unspecified atom stereocenters. The second-order valence-corrected chi connectivity index (χ2v) is 8.14. The van der Waals surface area contributed by atoms with Gasteiger partial charge in [0.2, 0.25) is 5.91 Å². The predicted molar refractivity (Wildman–Crippen MR) is 106 cm³/mol. The van der Waals surface area contributed by atoms with Crippen molar-refractivity contribution >= 4 is 50.6 Å². The SMILES string of the molecule is COCCCNC(=O)CSc1nc(C)nc2scc(-c3cccs3)c12. The summed E-state index contributed by atoms with van der Waals surface area (Å²) in [4.78, 5) is 23.3. The molecule has 0 aliphatic heterocycles. The summed E-state index contributed by atoms with van der Waals surface area (Å²) in [7, 11) is 1.66. The second-order valence-electron chi connectivity index (χ2n) is 5.37. The van der Waals surface area contributed by atoms with Gasteiger partial charge in [-0.05, 0) is 24.8 Å². The van der Waals surface area contributed by atoms with Crippen LogP contribution in [0.15, 0.2) is 27.9 Å². The molecule has 0 aliphatic rings. The zero-order valence-electron chi connectivity index (χ0n) is 14.1. The third-order valence-corrected chi connectivity index (χ3v) is 6.24. The number of thioether (sulfide) groups is 1. The Bertz CT molecular complexity index is 846. The van der Waals surface area contributed by atoms with E-state index in [9.17, 15) is 4.79 Å². The summed E-state index contributed by atoms with van der Waals surface area (Å²) in [6, 6.07) is 4.14. The van der Waals surface area contributed by atoms with E-state index in [0.29, 0.717) is 18.9 Å². The minimum Gasteiger partial charge on any atom is -0.385 e. The first kappa shape index (κ1) is 18.3. The number of fused-ring (bicyclic) bond motifs is 1. The van der Waals surface area contributed by atoms with E-state index in [1.165, 1.54) is 16.6 Å². The molecule has 3 aromatic heterocycles. The fourth-order valence-corrected chi connectivity index (χ4v) is 5.15. The lowest BCUT2D eigenvalue weighted by molar-refractivity contribution is -0.118. The number of hydrogen-bond acceptors (Lipinski definition) is 7. The Hall–Kier alpha value is -1.48. The lowest BCUT2D eigenvalue weighted by Gasteiger charge is -2.07. The Balaban J connectivity index is 1.76. The molecule has 0 fully saturated rings. The highest BCUT2D eigenvalue weighted by Gasteiger charge is 2.16. The number of aryl methyl sites for hydroxylation is 1. The molecule has 3 rings (SSSR count). The minimum absolute atomic E-state index is 0.0124. The molecule has 0 bridgehead atoms. The van der Waals surface area contributed by atoms with Crippen molar-refractivity contribution in [3.63, 3.8) is 0 Å². The molecule has 1 amide bonds. The van der Waals surface area contributed by atoms with Gasteiger partial charge in [0.15, 0.2) is 0 Å². The van der Waals surface area contributed by atoms with Crippen LogP contribution in [0.1, 0.15) is 12.2 Å². The highest BCUT2D eigenvalue weighted by atomic mass is 32.2. The molecule has 8 heteroatoms. The van der Waals surface area contributed by atoms with E-state index in [2.05, 4.69) is 32.1 Å². The Morgan fingerprint density at radius 1 is 1.36 bits per heavy atom. The van der Waals surface area contributed by atoms with E-state index in [0.717, 1.165) is 33.1 Å². The van der Waals surface area contributed by atoms with Gasteiger partial charge in [0.25, 0.3) is 0 Å². The van der Waals surface area contributed by atoms with Gasteiger partial charge in [-0.1, -0.05) is 17.8 Å². The normalized spacial score (nSPS) is 11.1. The van der Waals surface area contributed by atoms with E-state index in [1.807, 2.05) is 13.0 Å². The third kappa shape index (κ3) is 4.58. The Labute approximate surface area is 158 Å². The van der Waals surface area contributed by atoms with E-state index >= 15 is 0 Å². The average molecular weight is 394 g/mol. The van der Waals surface area contributed by atoms with Gasteiger partial charge in [0.05, 0.1) is 11.1 Å². The van der Waals surface area contributed by atoms with Crippen LogP contribution in [0.3, 0.4) is 0 Å². The standard InChI is InChI=1S/C17H19N3O2S3/c1-11-19-16-15(12(9-24-16)13-5-3-8-23-13)17(20-11)25-10-14(21)18-6-4-7-22-2/h3,5,8-9H,4,6-7,10H2,1-2H3,(H,18,21). The van der Waals surface area contributed by atoms with Crippen LogP contribution in [0.4, 0.5) is 0 Å². The third-order valence-electron chi connectivity index (χ3n) is 3.49. The molecule has 3 aromatic rings. The number of methoxy groups -OCH3 is 1. The summed E-state index contributed by atoms with van der Waals surface area (Å²) in [5.74, 6) is 1.09. The van der Waals surface area contributed by atoms with Crippen molar-refractivity contribution in [2.24, 2.45) is 0 Å². The molecule has 0 aliphatic carbocycles. The zero-order chi connectivity index (χ0) is 17.6. The maximum atomic E-state index is 12.0. The first-order chi connectivity index (χ1) is 12.2. The molecule has 0 saturated heterocycles. The molecular weight excluding hydrogens is 374 g/mol. The van der Waals surface area contributed by atoms with Crippen LogP contribution in [0.25, 0.3) is 20.7 Å². The van der Waals surface area contributed by atoms with E-state index < -0.39 is 0 Å². The first-order valence-corrected chi connectivity index (χ1v) is 10.6. The molecule has 132 valence electrons. The van der Waals surface area contributed by atoms with Gasteiger partial charge in [-0.3, -0.25) is 4.79 Å². The van der Waals surface area contributed by atoms with Crippen molar-refractivity contribution in [3.8, 4) is 10.4 Å². The van der Waals surface area contributed by atoms with Gasteiger partial charge < -0.3 is 10.1 Å². The Kier molecular flexibility index (Phi) is 6.41. The molecule has 0 atom stereocenters. The van der Waals surface area contributed by atoms with Gasteiger partial charge in [-0.25, -0.2) is 9.97 Å². The summed E-state index contributed by atoms with van der Waals surface area (Å²) < 4.78 is 4.98. The molecule has 0 radical (unpaired) electrons. The van der Waals surface area contributed by atoms with Gasteiger partial charge in [0, 0.05) is 36.1 Å². The fraction of sp³-hybridized carbons (Fsp3) is 0.353. The van der Waals surface area contributed by atoms with Gasteiger partial charge >= 0.3 is 0 Å². The highest BCUT2D eigenvalue weighted by Crippen LogP contribution is 2.39. The van der Waals surface area contributed by atoms with Gasteiger partial charge in [-0.15, -0.1) is 22.7 Å². The monoisotopic (exact) mass is 393 g/mol. The second kappa shape index (κ2) is 8.75. The van der Waals surface area contributed by atoms with Crippen molar-refractivity contribution in [3.05, 3.63) is 28.7 Å². The zero-order valence-corrected chi connectivity index (χ0v) is 16.5. The summed E-state index contributed by atoms with van der Waals surface area (Å²) in [6.45, 7) is 3.17. The van der Waals surface area contributed by atoms with Crippen LogP contribution in [0.5, 0.6) is 0 Å². The number of nitrogens with zero attached hydrogens (tertiary/aromatic N) is 2. The Morgan fingerprint density at radius 3 is 3.00 bits per heavy atom. The van der Waals surface area contributed by atoms with Crippen molar-refractivity contribution < 1.29 is 9.53 Å². The summed E-state index contributed by atoms with van der Waals surface area (Å²) in [6.07, 6.45) is 0.816. The number of rotatable bonds is 8. The quantitative estimate of drug-likeness (QED) is 0.356. The number of carbonyl (C=O) groups excluding carboxylic acids is 1. The maximum absolute atomic E-state index is 12.0. The van der Waals surface area contributed by atoms with Crippen molar-refractivity contribution in [1.29, 1.82) is 0 Å². The highest BCUT2D eigenvalue weighted by molar-refractivity contribution is 8.00. The summed E-state index contributed by atoms with van der Waals surface area (Å²) in [5.41, 5.74) is 1.15. The van der Waals surface area contributed by atoms with E-state index in [-0.39, 0.29) is 5.91 Å². The summed E-state index contributed by atoms with van der Waals surface area (Å²) in [5, 5.41) is 9.02. The van der Waals surface area contributed by atoms with Crippen molar-refractivity contribution in [2.45, 2.75) is 18.4 Å². The van der Waals surface area contributed by atoms with E-state index in [4.69, 9.17) is 4.74 Å². The predicted octanol–water partition coefficient (Wildman–Crippen LogP) is 3.97. The molecule has 3 heterocycles. The molecular formula is C17H19N3O2S3. The fourth-order valence-electron chi connectivity index (χ4n) is 2.36. The molecule has 5 nitrogen and oxygen atoms in total. The Morgan fingerprint density at radius 2 is 2.24 bits per heavy atom. The van der Waals surface area contributed by atoms with Crippen molar-refractivity contribution in [2.75, 3.05) is 26.0 Å². The van der Waals surface area contributed by atoms with Gasteiger partial charge in [0.1, 0.15) is 15.7 Å². The van der Waals surface area contributed by atoms with Crippen LogP contribution in [-0.4, -0.2) is 41.9 Å². The number of thiophene rings is 2. The minimum atomic E-state index is 0.0124. The van der Waals surface area contributed by atoms with Gasteiger partial charge in [-0.2, -0.15) is 0 Å². The van der Waals surface area contributed by atoms with Crippen molar-refractivity contribution in [1.82, 2.24) is 15.3 Å². The van der Waals surface area contributed by atoms with Crippen LogP contribution in [-0.2, 0) is 9.53 Å². The first-order valence-electron chi connectivity index (χ1n) is 7.87. The molecule has 1 N–H and O–H groups in total. The number of carbonyl (C=O) groups is 1. The smallest absolute Gasteiger partial charge is 0.230 e. The lowest BCUT2D eigenvalue weighted by atomic mass is 10.2. The maximum Gasteiger partial charge on any atom is 0.230 e. The number of aromatic nitrogens is 2. The molecule has 25 heavy (non-hydrogen) atoms. The number of nitrogens with one attached hydrogen (secondary N) is 1. The number of hydrogen-bond donors (Lipinski definition) is 1. The largest absolute Gasteiger partial charge is 0.385 e. The van der Waals surface area contributed by atoms with Crippen LogP contribution in [0, 0.1) is 6.92 Å². The summed E-state index contributed by atoms with van der Waals surface area (Å²) >= 11 is 4.79. The topological polar surface area (TPSA) is 64.1 Å². The molecule has 0 saturated carbocycles. The lowest BCUT2D eigenvalue weighted by Crippen LogP contribution is -2.26. The van der Waals surface area contributed by atoms with E-state index in [1.54, 1.807) is 29.8 Å². The molecule has 0 spiro atoms. The molecule has 0 aromatic carbocycles. The number of amides is 1.